The molecule has 0 atom stereocenters. The largest absolute Gasteiger partial charge is 0.456 e. The molecule has 9 rings (SSSR count). The number of furan rings is 2. The summed E-state index contributed by atoms with van der Waals surface area (Å²) < 4.78 is 200. The third-order valence-electron chi connectivity index (χ3n) is 7.57. The van der Waals surface area contributed by atoms with Crippen LogP contribution in [0.1, 0.15) is 53.8 Å². The first-order chi connectivity index (χ1) is 29.3. The summed E-state index contributed by atoms with van der Waals surface area (Å²) in [6.07, 6.45) is 0. The maximum atomic E-state index is 9.68. The topological polar surface area (TPSA) is 29.5 Å². The SMILES string of the molecule is [2H]c1c([2H])c([2H])c2c(c1[2H])-c1c(N(c3c([2H])c([2H])c([2H])c4oc5c([2H])c([2H])c([2H])c([2H])c5c34)c3c([2H])c([2H])c([2H])c4oc5c([2H])c([2H])c([2H])c([2H])c5c34)c([2H])c([2H])c([2H])c1C2(C)C. The van der Waals surface area contributed by atoms with E-state index in [1.807, 2.05) is 0 Å². The number of hydrogen-bond acceptors (Lipinski definition) is 3. The van der Waals surface area contributed by atoms with Crippen molar-refractivity contribution >= 4 is 60.9 Å². The molecule has 1 aliphatic carbocycles. The Morgan fingerprint density at radius 1 is 0.500 bits per heavy atom. The average Bonchev–Trinajstić information content (AvgIpc) is 3.91. The summed E-state index contributed by atoms with van der Waals surface area (Å²) in [6.45, 7) is 3.03. The number of nitrogens with zero attached hydrogens (tertiary/aromatic N) is 1. The fourth-order valence-corrected chi connectivity index (χ4v) is 5.73. The first-order valence-corrected chi connectivity index (χ1v) is 12.7. The molecule has 2 heterocycles. The van der Waals surface area contributed by atoms with Gasteiger partial charge in [0.15, 0.2) is 0 Å². The lowest BCUT2D eigenvalue weighted by atomic mass is 9.82. The van der Waals surface area contributed by atoms with Crippen LogP contribution in [0.5, 0.6) is 0 Å². The molecule has 0 bridgehead atoms. The van der Waals surface area contributed by atoms with Crippen LogP contribution in [0.15, 0.2) is 136 Å². The van der Waals surface area contributed by atoms with E-state index in [0.717, 1.165) is 4.90 Å². The summed E-state index contributed by atoms with van der Waals surface area (Å²) in [4.78, 5) is 0.835. The molecule has 8 aromatic rings. The van der Waals surface area contributed by atoms with Crippen molar-refractivity contribution in [1.29, 1.82) is 0 Å². The van der Waals surface area contributed by atoms with Crippen LogP contribution in [0.4, 0.5) is 17.1 Å². The van der Waals surface area contributed by atoms with Gasteiger partial charge in [0.2, 0.25) is 0 Å². The molecular formula is C39H27NO2. The number of para-hydroxylation sites is 2. The van der Waals surface area contributed by atoms with Crippen LogP contribution in [0, 0.1) is 0 Å². The van der Waals surface area contributed by atoms with Gasteiger partial charge in [-0.15, -0.1) is 0 Å². The van der Waals surface area contributed by atoms with E-state index in [9.17, 15) is 8.22 Å². The Hall–Kier alpha value is -5.28. The van der Waals surface area contributed by atoms with Gasteiger partial charge in [0, 0.05) is 21.8 Å². The van der Waals surface area contributed by atoms with Crippen molar-refractivity contribution < 1.29 is 37.6 Å². The Kier molecular flexibility index (Phi) is 2.16. The van der Waals surface area contributed by atoms with Gasteiger partial charge < -0.3 is 13.7 Å². The Bertz CT molecular complexity index is 3360. The van der Waals surface area contributed by atoms with E-state index in [2.05, 4.69) is 0 Å². The van der Waals surface area contributed by atoms with Gasteiger partial charge >= 0.3 is 0 Å². The van der Waals surface area contributed by atoms with E-state index in [1.165, 1.54) is 13.8 Å². The fourth-order valence-electron chi connectivity index (χ4n) is 5.73. The number of hydrogen-bond donors (Lipinski definition) is 0. The minimum absolute atomic E-state index is 0.0770. The second-order valence-electron chi connectivity index (χ2n) is 10.2. The molecule has 3 heteroatoms. The number of benzene rings is 6. The molecule has 3 nitrogen and oxygen atoms in total. The predicted molar refractivity (Wildman–Crippen MR) is 173 cm³/mol. The fraction of sp³-hybridized carbons (Fsp3) is 0.0769. The molecule has 0 saturated carbocycles. The molecular weight excluding hydrogens is 514 g/mol. The highest BCUT2D eigenvalue weighted by Crippen LogP contribution is 2.56. The van der Waals surface area contributed by atoms with Gasteiger partial charge in [-0.1, -0.05) is 98.4 Å². The van der Waals surface area contributed by atoms with E-state index < -0.39 is 193 Å². The summed E-state index contributed by atoms with van der Waals surface area (Å²) >= 11 is 0. The molecule has 0 spiro atoms. The Morgan fingerprint density at radius 2 is 0.976 bits per heavy atom. The molecule has 6 aromatic carbocycles. The van der Waals surface area contributed by atoms with Crippen LogP contribution in [0.25, 0.3) is 55.0 Å². The minimum atomic E-state index is -1.56. The van der Waals surface area contributed by atoms with Crippen LogP contribution in [-0.2, 0) is 5.41 Å². The summed E-state index contributed by atoms with van der Waals surface area (Å²) in [5.41, 5.74) is -6.69. The second-order valence-corrected chi connectivity index (χ2v) is 10.2. The summed E-state index contributed by atoms with van der Waals surface area (Å²) in [6, 6.07) is -16.3. The van der Waals surface area contributed by atoms with Crippen molar-refractivity contribution in [3.8, 4) is 11.1 Å². The average molecular weight is 563 g/mol. The third-order valence-corrected chi connectivity index (χ3v) is 7.57. The van der Waals surface area contributed by atoms with Gasteiger partial charge in [-0.05, 0) is 59.0 Å². The molecule has 0 amide bonds. The number of anilines is 3. The van der Waals surface area contributed by atoms with Gasteiger partial charge in [0.25, 0.3) is 0 Å². The van der Waals surface area contributed by atoms with Crippen molar-refractivity contribution in [3.05, 3.63) is 138 Å². The molecule has 0 aliphatic heterocycles. The van der Waals surface area contributed by atoms with Crippen molar-refractivity contribution in [2.45, 2.75) is 19.3 Å². The van der Waals surface area contributed by atoms with E-state index in [0.29, 0.717) is 0 Å². The molecule has 0 fully saturated rings. The highest BCUT2D eigenvalue weighted by atomic mass is 16.3. The highest BCUT2D eigenvalue weighted by Gasteiger charge is 2.38. The standard InChI is InChI=1S/C39H27NO2/c1-39(2)27-15-6-3-12-24(27)36-28(39)16-9-17-29(36)40(30-18-10-22-34-37(30)25-13-4-7-20-32(25)41-34)31-19-11-23-35-38(31)26-14-5-8-21-33(26)42-35/h3-23H,1-2H3/i3D,4D,5D,6D,7D,8D,9D,10D,11D,12D,13D,14D,15D,16D,17D,18D,19D,20D,21D,22D,23D. The van der Waals surface area contributed by atoms with Crippen LogP contribution in [0.3, 0.4) is 0 Å². The zero-order valence-corrected chi connectivity index (χ0v) is 21.8. The number of rotatable bonds is 3. The van der Waals surface area contributed by atoms with Crippen LogP contribution >= 0.6 is 0 Å². The lowest BCUT2D eigenvalue weighted by Gasteiger charge is -2.30. The van der Waals surface area contributed by atoms with Crippen molar-refractivity contribution in [3.63, 3.8) is 0 Å². The Balaban J connectivity index is 1.67. The van der Waals surface area contributed by atoms with Gasteiger partial charge in [0.1, 0.15) is 22.3 Å². The maximum Gasteiger partial charge on any atom is 0.137 e. The Morgan fingerprint density at radius 3 is 1.62 bits per heavy atom. The van der Waals surface area contributed by atoms with Crippen molar-refractivity contribution in [2.24, 2.45) is 0 Å². The van der Waals surface area contributed by atoms with E-state index in [-0.39, 0.29) is 22.3 Å². The molecule has 0 N–H and O–H groups in total. The van der Waals surface area contributed by atoms with Gasteiger partial charge in [0.05, 0.1) is 56.6 Å². The zero-order chi connectivity index (χ0) is 46.3. The predicted octanol–water partition coefficient (Wildman–Crippen LogP) is 11.3. The van der Waals surface area contributed by atoms with Crippen LogP contribution in [-0.4, -0.2) is 0 Å². The minimum Gasteiger partial charge on any atom is -0.456 e. The highest BCUT2D eigenvalue weighted by molar-refractivity contribution is 6.18. The van der Waals surface area contributed by atoms with Crippen LogP contribution in [0.2, 0.25) is 0 Å². The monoisotopic (exact) mass is 562 g/mol. The molecule has 200 valence electrons. The van der Waals surface area contributed by atoms with E-state index >= 15 is 0 Å². The van der Waals surface area contributed by atoms with Gasteiger partial charge in [-0.2, -0.15) is 0 Å². The Labute approximate surface area is 272 Å². The maximum absolute atomic E-state index is 9.68. The summed E-state index contributed by atoms with van der Waals surface area (Å²) in [7, 11) is 0. The second kappa shape index (κ2) is 8.37. The third kappa shape index (κ3) is 3.05. The molecule has 2 aromatic heterocycles. The molecule has 0 saturated heterocycles. The quantitative estimate of drug-likeness (QED) is 0.214. The smallest absolute Gasteiger partial charge is 0.137 e. The summed E-state index contributed by atoms with van der Waals surface area (Å²) in [5, 5.41) is -1.91. The molecule has 0 unspecified atom stereocenters. The summed E-state index contributed by atoms with van der Waals surface area (Å²) in [5.74, 6) is 0. The lowest BCUT2D eigenvalue weighted by molar-refractivity contribution is 0.660. The molecule has 1 aliphatic rings. The molecule has 42 heavy (non-hydrogen) atoms. The number of fused-ring (bicyclic) bond motifs is 9. The van der Waals surface area contributed by atoms with Gasteiger partial charge in [-0.25, -0.2) is 0 Å². The van der Waals surface area contributed by atoms with E-state index in [4.69, 9.17) is 29.4 Å². The zero-order valence-electron chi connectivity index (χ0n) is 42.8. The van der Waals surface area contributed by atoms with Crippen LogP contribution < -0.4 is 4.90 Å². The van der Waals surface area contributed by atoms with Gasteiger partial charge in [-0.3, -0.25) is 0 Å². The van der Waals surface area contributed by atoms with Crippen molar-refractivity contribution in [1.82, 2.24) is 0 Å². The normalized spacial score (nSPS) is 20.7. The van der Waals surface area contributed by atoms with Crippen molar-refractivity contribution in [2.75, 3.05) is 4.90 Å². The first kappa shape index (κ1) is 10.8. The van der Waals surface area contributed by atoms with E-state index in [1.54, 1.807) is 0 Å². The molecule has 0 radical (unpaired) electrons. The lowest BCUT2D eigenvalue weighted by Crippen LogP contribution is -2.16. The first-order valence-electron chi connectivity index (χ1n) is 23.2.